The predicted octanol–water partition coefficient (Wildman–Crippen LogP) is 2.00. The first-order valence-electron chi connectivity index (χ1n) is 13.3. The van der Waals surface area contributed by atoms with E-state index in [0.29, 0.717) is 38.5 Å². The van der Waals surface area contributed by atoms with E-state index in [-0.39, 0.29) is 37.9 Å². The third-order valence-corrected chi connectivity index (χ3v) is 6.76. The van der Waals surface area contributed by atoms with Crippen molar-refractivity contribution in [1.82, 2.24) is 20.9 Å². The van der Waals surface area contributed by atoms with Crippen LogP contribution in [-0.4, -0.2) is 72.4 Å². The number of hydrogen-bond donors (Lipinski definition) is 5. The Labute approximate surface area is 228 Å². The topological polar surface area (TPSA) is 167 Å². The number of alkyl halides is 1. The molecule has 3 atom stereocenters. The number of nitrogens with one attached hydrogen (secondary N) is 4. The molecule has 0 aliphatic carbocycles. The number of alkyl carbamates (subject to hydrolysis) is 1. The summed E-state index contributed by atoms with van der Waals surface area (Å²) in [5, 5.41) is 15.2. The van der Waals surface area contributed by atoms with Crippen LogP contribution in [0.1, 0.15) is 57.9 Å². The molecule has 1 aliphatic heterocycles. The van der Waals surface area contributed by atoms with Gasteiger partial charge < -0.3 is 36.1 Å². The van der Waals surface area contributed by atoms with Crippen molar-refractivity contribution in [3.8, 4) is 0 Å². The molecule has 12 heteroatoms. The summed E-state index contributed by atoms with van der Waals surface area (Å²) in [7, 11) is 0. The van der Waals surface area contributed by atoms with E-state index in [0.717, 1.165) is 5.56 Å². The smallest absolute Gasteiger partial charge is 0.408 e. The number of halogens is 1. The molecule has 0 unspecified atom stereocenters. The number of hydrogen-bond acceptors (Lipinski definition) is 6. The molecule has 1 fully saturated rings. The molecule has 2 rings (SSSR count). The SMILES string of the molecule is CC(C)[C@H](NC(=O)OCc1ccccc1)C(=O)N1CCCC[C@H]1C(=O)N[C@@](C=O)(CCF)CCCNC(=N)N. The Morgan fingerprint density at radius 3 is 2.56 bits per heavy atom. The quantitative estimate of drug-likeness (QED) is 0.103. The number of nitrogens with two attached hydrogens (primary N) is 1. The predicted molar refractivity (Wildman–Crippen MR) is 144 cm³/mol. The third-order valence-electron chi connectivity index (χ3n) is 6.76. The van der Waals surface area contributed by atoms with E-state index in [9.17, 15) is 23.6 Å². The first kappa shape index (κ1) is 31.5. The third kappa shape index (κ3) is 9.84. The van der Waals surface area contributed by atoms with E-state index in [2.05, 4.69) is 16.0 Å². The van der Waals surface area contributed by atoms with E-state index >= 15 is 0 Å². The highest BCUT2D eigenvalue weighted by Crippen LogP contribution is 2.23. The maximum absolute atomic E-state index is 13.6. The summed E-state index contributed by atoms with van der Waals surface area (Å²) < 4.78 is 18.7. The number of likely N-dealkylation sites (tertiary alicyclic amines) is 1. The van der Waals surface area contributed by atoms with Gasteiger partial charge in [0.15, 0.2) is 5.96 Å². The minimum atomic E-state index is -1.45. The van der Waals surface area contributed by atoms with Crippen LogP contribution < -0.4 is 21.7 Å². The van der Waals surface area contributed by atoms with Gasteiger partial charge in [-0.15, -0.1) is 0 Å². The summed E-state index contributed by atoms with van der Waals surface area (Å²) in [5.74, 6) is -1.48. The molecule has 0 aromatic heterocycles. The second-order valence-electron chi connectivity index (χ2n) is 10.1. The molecule has 1 aromatic rings. The highest BCUT2D eigenvalue weighted by molar-refractivity contribution is 5.93. The van der Waals surface area contributed by atoms with Gasteiger partial charge in [-0.3, -0.25) is 19.4 Å². The van der Waals surface area contributed by atoms with Crippen molar-refractivity contribution >= 4 is 30.2 Å². The van der Waals surface area contributed by atoms with Crippen LogP contribution in [0, 0.1) is 11.3 Å². The second-order valence-corrected chi connectivity index (χ2v) is 10.1. The van der Waals surface area contributed by atoms with Crippen LogP contribution in [-0.2, 0) is 25.7 Å². The minimum Gasteiger partial charge on any atom is -0.445 e. The highest BCUT2D eigenvalue weighted by atomic mass is 19.1. The number of aldehydes is 1. The number of carbonyl (C=O) groups excluding carboxylic acids is 4. The van der Waals surface area contributed by atoms with Crippen LogP contribution in [0.2, 0.25) is 0 Å². The van der Waals surface area contributed by atoms with Crippen LogP contribution in [0.15, 0.2) is 30.3 Å². The molecular formula is C27H41FN6O5. The van der Waals surface area contributed by atoms with Crippen LogP contribution in [0.4, 0.5) is 9.18 Å². The van der Waals surface area contributed by atoms with Crippen LogP contribution >= 0.6 is 0 Å². The van der Waals surface area contributed by atoms with E-state index in [1.165, 1.54) is 4.90 Å². The monoisotopic (exact) mass is 548 g/mol. The average Bonchev–Trinajstić information content (AvgIpc) is 2.92. The standard InChI is InChI=1S/C27H41FN6O5/c1-19(2)22(32-26(38)39-17-20-9-4-3-5-10-20)24(37)34-16-7-6-11-21(34)23(36)33-27(18-35,13-14-28)12-8-15-31-25(29)30/h3-5,9-10,18-19,21-22H,6-8,11-17H2,1-2H3,(H,32,38)(H,33,36)(H4,29,30,31)/t21-,22-,27+/m0/s1. The zero-order valence-corrected chi connectivity index (χ0v) is 22.7. The fourth-order valence-corrected chi connectivity index (χ4v) is 4.57. The molecule has 1 heterocycles. The summed E-state index contributed by atoms with van der Waals surface area (Å²) in [6.07, 6.45) is 1.82. The van der Waals surface area contributed by atoms with Crippen molar-refractivity contribution in [2.24, 2.45) is 11.7 Å². The number of guanidine groups is 1. The van der Waals surface area contributed by atoms with Crippen LogP contribution in [0.5, 0.6) is 0 Å². The van der Waals surface area contributed by atoms with Gasteiger partial charge in [0.2, 0.25) is 11.8 Å². The zero-order chi connectivity index (χ0) is 28.8. The van der Waals surface area contributed by atoms with Gasteiger partial charge in [-0.1, -0.05) is 44.2 Å². The lowest BCUT2D eigenvalue weighted by atomic mass is 9.90. The van der Waals surface area contributed by atoms with Gasteiger partial charge in [0.1, 0.15) is 25.0 Å². The minimum absolute atomic E-state index is 0.0463. The normalized spacial score (nSPS) is 17.4. The fourth-order valence-electron chi connectivity index (χ4n) is 4.57. The largest absolute Gasteiger partial charge is 0.445 e. The number of nitrogens with zero attached hydrogens (tertiary/aromatic N) is 1. The first-order valence-corrected chi connectivity index (χ1v) is 13.3. The summed E-state index contributed by atoms with van der Waals surface area (Å²) in [4.78, 5) is 53.0. The van der Waals surface area contributed by atoms with Crippen molar-refractivity contribution in [2.75, 3.05) is 19.8 Å². The van der Waals surface area contributed by atoms with Gasteiger partial charge in [0.05, 0.1) is 12.2 Å². The van der Waals surface area contributed by atoms with Gasteiger partial charge in [0, 0.05) is 19.5 Å². The molecule has 0 bridgehead atoms. The second kappa shape index (κ2) is 15.6. The van der Waals surface area contributed by atoms with Crippen molar-refractivity contribution in [1.29, 1.82) is 5.41 Å². The Morgan fingerprint density at radius 1 is 1.23 bits per heavy atom. The Kier molecular flexibility index (Phi) is 12.6. The summed E-state index contributed by atoms with van der Waals surface area (Å²) in [5.41, 5.74) is 4.63. The molecule has 0 saturated carbocycles. The van der Waals surface area contributed by atoms with Crippen molar-refractivity contribution in [3.05, 3.63) is 35.9 Å². The number of carbonyl (C=O) groups is 4. The zero-order valence-electron chi connectivity index (χ0n) is 22.7. The fraction of sp³-hybridized carbons (Fsp3) is 0.593. The lowest BCUT2D eigenvalue weighted by Crippen LogP contribution is -2.61. The van der Waals surface area contributed by atoms with Crippen molar-refractivity contribution < 1.29 is 28.3 Å². The average molecular weight is 549 g/mol. The van der Waals surface area contributed by atoms with Gasteiger partial charge >= 0.3 is 6.09 Å². The summed E-state index contributed by atoms with van der Waals surface area (Å²) in [6, 6.07) is 7.34. The number of amides is 3. The highest BCUT2D eigenvalue weighted by Gasteiger charge is 2.40. The van der Waals surface area contributed by atoms with E-state index in [1.54, 1.807) is 13.8 Å². The molecule has 1 saturated heterocycles. The molecule has 1 aromatic carbocycles. The van der Waals surface area contributed by atoms with Gasteiger partial charge in [-0.05, 0) is 43.6 Å². The van der Waals surface area contributed by atoms with Crippen molar-refractivity contribution in [2.45, 2.75) is 76.6 Å². The number of benzene rings is 1. The first-order chi connectivity index (χ1) is 18.6. The van der Waals surface area contributed by atoms with Crippen LogP contribution in [0.3, 0.4) is 0 Å². The number of piperidine rings is 1. The maximum atomic E-state index is 13.6. The molecule has 0 radical (unpaired) electrons. The summed E-state index contributed by atoms with van der Waals surface area (Å²) in [6.45, 7) is 3.38. The van der Waals surface area contributed by atoms with Gasteiger partial charge in [-0.2, -0.15) is 0 Å². The lowest BCUT2D eigenvalue weighted by Gasteiger charge is -2.39. The molecule has 3 amide bonds. The van der Waals surface area contributed by atoms with E-state index in [1.807, 2.05) is 30.3 Å². The van der Waals surface area contributed by atoms with Crippen molar-refractivity contribution in [3.63, 3.8) is 0 Å². The summed E-state index contributed by atoms with van der Waals surface area (Å²) >= 11 is 0. The maximum Gasteiger partial charge on any atom is 0.408 e. The Morgan fingerprint density at radius 2 is 1.95 bits per heavy atom. The van der Waals surface area contributed by atoms with Gasteiger partial charge in [0.25, 0.3) is 0 Å². The molecule has 1 aliphatic rings. The lowest BCUT2D eigenvalue weighted by molar-refractivity contribution is -0.145. The van der Waals surface area contributed by atoms with Gasteiger partial charge in [-0.25, -0.2) is 4.79 Å². The molecule has 216 valence electrons. The molecule has 0 spiro atoms. The molecule has 6 N–H and O–H groups in total. The Hall–Kier alpha value is -3.70. The molecular weight excluding hydrogens is 507 g/mol. The Bertz CT molecular complexity index is 979. The van der Waals surface area contributed by atoms with Crippen LogP contribution in [0.25, 0.3) is 0 Å². The number of rotatable bonds is 14. The van der Waals surface area contributed by atoms with E-state index in [4.69, 9.17) is 15.9 Å². The molecule has 39 heavy (non-hydrogen) atoms. The number of ether oxygens (including phenoxy) is 1. The van der Waals surface area contributed by atoms with E-state index < -0.39 is 42.2 Å². The molecule has 11 nitrogen and oxygen atoms in total. The Balaban J connectivity index is 2.10.